The number of fused-ring (bicyclic) bond motifs is 1. The number of hydrogen-bond acceptors (Lipinski definition) is 4. The molecule has 0 aromatic carbocycles. The Balaban J connectivity index is 1.99. The summed E-state index contributed by atoms with van der Waals surface area (Å²) < 4.78 is 1.65. The molecule has 1 aliphatic heterocycles. The zero-order chi connectivity index (χ0) is 13.4. The van der Waals surface area contributed by atoms with E-state index in [0.717, 1.165) is 31.8 Å². The summed E-state index contributed by atoms with van der Waals surface area (Å²) in [5.74, 6) is -0.148. The smallest absolute Gasteiger partial charge is 0.335 e. The molecule has 1 N–H and O–H groups in total. The maximum Gasteiger partial charge on any atom is 0.335 e. The molecule has 2 aromatic heterocycles. The van der Waals surface area contributed by atoms with E-state index in [9.17, 15) is 4.79 Å². The summed E-state index contributed by atoms with van der Waals surface area (Å²) in [5.41, 5.74) is 0.836. The zero-order valence-electron chi connectivity index (χ0n) is 10.8. The summed E-state index contributed by atoms with van der Waals surface area (Å²) in [6.45, 7) is 4.20. The van der Waals surface area contributed by atoms with Gasteiger partial charge in [-0.15, -0.1) is 5.10 Å². The average Bonchev–Trinajstić information content (AvgIpc) is 3.03. The van der Waals surface area contributed by atoms with Crippen molar-refractivity contribution in [2.24, 2.45) is 0 Å². The van der Waals surface area contributed by atoms with E-state index in [-0.39, 0.29) is 11.6 Å². The standard InChI is InChI=1S/C13H16N4O2/c1-2-16-6-3-4-10(16)12-14-11-8-9(13(18)19)5-7-17(11)15-12/h5,7-8,10H,2-4,6H2,1H3,(H,18,19). The van der Waals surface area contributed by atoms with Crippen molar-refractivity contribution >= 4 is 11.6 Å². The minimum absolute atomic E-state index is 0.241. The second-order valence-electron chi connectivity index (χ2n) is 4.78. The van der Waals surface area contributed by atoms with E-state index < -0.39 is 5.97 Å². The number of nitrogens with zero attached hydrogens (tertiary/aromatic N) is 4. The molecule has 0 spiro atoms. The number of aromatic carboxylic acids is 1. The monoisotopic (exact) mass is 260 g/mol. The average molecular weight is 260 g/mol. The Hall–Kier alpha value is -1.95. The minimum atomic E-state index is -0.942. The minimum Gasteiger partial charge on any atom is -0.478 e. The van der Waals surface area contributed by atoms with Crippen molar-refractivity contribution in [2.75, 3.05) is 13.1 Å². The van der Waals surface area contributed by atoms with E-state index in [1.807, 2.05) is 0 Å². The van der Waals surface area contributed by atoms with E-state index in [0.29, 0.717) is 5.65 Å². The van der Waals surface area contributed by atoms with Crippen molar-refractivity contribution in [3.8, 4) is 0 Å². The summed E-state index contributed by atoms with van der Waals surface area (Å²) in [7, 11) is 0. The Morgan fingerprint density at radius 2 is 2.42 bits per heavy atom. The highest BCUT2D eigenvalue weighted by Crippen LogP contribution is 2.29. The number of rotatable bonds is 3. The third kappa shape index (κ3) is 2.08. The molecule has 2 aromatic rings. The van der Waals surface area contributed by atoms with Gasteiger partial charge < -0.3 is 5.11 Å². The predicted molar refractivity (Wildman–Crippen MR) is 69.2 cm³/mol. The third-order valence-corrected chi connectivity index (χ3v) is 3.67. The number of carboxylic acid groups (broad SMARTS) is 1. The fourth-order valence-electron chi connectivity index (χ4n) is 2.67. The van der Waals surface area contributed by atoms with Gasteiger partial charge in [-0.3, -0.25) is 4.90 Å². The molecule has 0 saturated carbocycles. The van der Waals surface area contributed by atoms with Crippen LogP contribution in [0.2, 0.25) is 0 Å². The first-order chi connectivity index (χ1) is 9.19. The molecule has 0 aliphatic carbocycles. The van der Waals surface area contributed by atoms with Gasteiger partial charge in [0.25, 0.3) is 0 Å². The van der Waals surface area contributed by atoms with Crippen LogP contribution in [0.15, 0.2) is 18.3 Å². The molecule has 1 fully saturated rings. The molecule has 6 nitrogen and oxygen atoms in total. The zero-order valence-corrected chi connectivity index (χ0v) is 10.8. The van der Waals surface area contributed by atoms with Gasteiger partial charge in [0.2, 0.25) is 0 Å². The van der Waals surface area contributed by atoms with Crippen LogP contribution in [0.5, 0.6) is 0 Å². The van der Waals surface area contributed by atoms with Gasteiger partial charge in [-0.25, -0.2) is 14.3 Å². The van der Waals surface area contributed by atoms with Crippen LogP contribution in [0.3, 0.4) is 0 Å². The molecule has 6 heteroatoms. The van der Waals surface area contributed by atoms with E-state index in [2.05, 4.69) is 21.9 Å². The Labute approximate surface area is 110 Å². The van der Waals surface area contributed by atoms with E-state index in [4.69, 9.17) is 5.11 Å². The van der Waals surface area contributed by atoms with Gasteiger partial charge in [0.05, 0.1) is 11.6 Å². The number of pyridine rings is 1. The molecular formula is C13H16N4O2. The van der Waals surface area contributed by atoms with Crippen LogP contribution in [0, 0.1) is 0 Å². The van der Waals surface area contributed by atoms with Crippen LogP contribution in [0.1, 0.15) is 42.0 Å². The number of aromatic nitrogens is 3. The van der Waals surface area contributed by atoms with E-state index in [1.54, 1.807) is 22.8 Å². The SMILES string of the molecule is CCN1CCCC1c1nc2cc(C(=O)O)ccn2n1. The Kier molecular flexibility index (Phi) is 2.94. The molecule has 0 radical (unpaired) electrons. The molecule has 19 heavy (non-hydrogen) atoms. The highest BCUT2D eigenvalue weighted by Gasteiger charge is 2.28. The van der Waals surface area contributed by atoms with Gasteiger partial charge in [0, 0.05) is 6.20 Å². The lowest BCUT2D eigenvalue weighted by molar-refractivity contribution is 0.0697. The molecule has 1 unspecified atom stereocenters. The quantitative estimate of drug-likeness (QED) is 0.907. The molecular weight excluding hydrogens is 244 g/mol. The van der Waals surface area contributed by atoms with E-state index >= 15 is 0 Å². The van der Waals surface area contributed by atoms with Crippen LogP contribution in [0.4, 0.5) is 0 Å². The van der Waals surface area contributed by atoms with Crippen molar-refractivity contribution in [3.05, 3.63) is 29.7 Å². The highest BCUT2D eigenvalue weighted by molar-refractivity contribution is 5.88. The van der Waals surface area contributed by atoms with Crippen molar-refractivity contribution in [1.82, 2.24) is 19.5 Å². The molecule has 0 amide bonds. The maximum atomic E-state index is 10.9. The van der Waals surface area contributed by atoms with Gasteiger partial charge in [-0.1, -0.05) is 6.92 Å². The first-order valence-corrected chi connectivity index (χ1v) is 6.52. The van der Waals surface area contributed by atoms with Gasteiger partial charge in [-0.05, 0) is 38.1 Å². The van der Waals surface area contributed by atoms with Gasteiger partial charge >= 0.3 is 5.97 Å². The van der Waals surface area contributed by atoms with E-state index in [1.165, 1.54) is 0 Å². The Morgan fingerprint density at radius 3 is 3.16 bits per heavy atom. The summed E-state index contributed by atoms with van der Waals surface area (Å²) >= 11 is 0. The number of carboxylic acids is 1. The lowest BCUT2D eigenvalue weighted by atomic mass is 10.2. The van der Waals surface area contributed by atoms with Crippen LogP contribution >= 0.6 is 0 Å². The second-order valence-corrected chi connectivity index (χ2v) is 4.78. The van der Waals surface area contributed by atoms with Crippen molar-refractivity contribution in [1.29, 1.82) is 0 Å². The maximum absolute atomic E-state index is 10.9. The molecule has 1 saturated heterocycles. The Morgan fingerprint density at radius 1 is 1.58 bits per heavy atom. The van der Waals surface area contributed by atoms with Crippen LogP contribution in [-0.4, -0.2) is 43.7 Å². The fourth-order valence-corrected chi connectivity index (χ4v) is 2.67. The number of likely N-dealkylation sites (tertiary alicyclic amines) is 1. The molecule has 0 bridgehead atoms. The first-order valence-electron chi connectivity index (χ1n) is 6.52. The molecule has 3 heterocycles. The first kappa shape index (κ1) is 12.1. The van der Waals surface area contributed by atoms with Crippen molar-refractivity contribution < 1.29 is 9.90 Å². The molecule has 1 atom stereocenters. The summed E-state index contributed by atoms with van der Waals surface area (Å²) in [6.07, 6.45) is 3.88. The summed E-state index contributed by atoms with van der Waals surface area (Å²) in [5, 5.41) is 13.4. The Bertz CT molecular complexity index is 622. The van der Waals surface area contributed by atoms with Crippen molar-refractivity contribution in [2.45, 2.75) is 25.8 Å². The highest BCUT2D eigenvalue weighted by atomic mass is 16.4. The predicted octanol–water partition coefficient (Wildman–Crippen LogP) is 1.58. The molecule has 3 rings (SSSR count). The topological polar surface area (TPSA) is 70.7 Å². The normalized spacial score (nSPS) is 20.2. The summed E-state index contributed by atoms with van der Waals surface area (Å²) in [4.78, 5) is 17.8. The lowest BCUT2D eigenvalue weighted by Gasteiger charge is -2.19. The fraction of sp³-hybridized carbons (Fsp3) is 0.462. The number of hydrogen-bond donors (Lipinski definition) is 1. The summed E-state index contributed by atoms with van der Waals surface area (Å²) in [6, 6.07) is 3.36. The van der Waals surface area contributed by atoms with Crippen LogP contribution in [-0.2, 0) is 0 Å². The largest absolute Gasteiger partial charge is 0.478 e. The van der Waals surface area contributed by atoms with Gasteiger partial charge in [0.15, 0.2) is 11.5 Å². The molecule has 1 aliphatic rings. The molecule has 100 valence electrons. The van der Waals surface area contributed by atoms with Crippen molar-refractivity contribution in [3.63, 3.8) is 0 Å². The van der Waals surface area contributed by atoms with Gasteiger partial charge in [0.1, 0.15) is 0 Å². The second kappa shape index (κ2) is 4.62. The van der Waals surface area contributed by atoms with Gasteiger partial charge in [-0.2, -0.15) is 0 Å². The third-order valence-electron chi connectivity index (χ3n) is 3.67. The number of carbonyl (C=O) groups is 1. The van der Waals surface area contributed by atoms with Crippen LogP contribution in [0.25, 0.3) is 5.65 Å². The van der Waals surface area contributed by atoms with Crippen LogP contribution < -0.4 is 0 Å². The lowest BCUT2D eigenvalue weighted by Crippen LogP contribution is -2.23.